The van der Waals surface area contributed by atoms with Crippen LogP contribution in [0.5, 0.6) is 0 Å². The van der Waals surface area contributed by atoms with E-state index in [1.54, 1.807) is 5.48 Å². The van der Waals surface area contributed by atoms with E-state index in [2.05, 4.69) is 0 Å². The van der Waals surface area contributed by atoms with E-state index in [0.717, 1.165) is 0 Å². The van der Waals surface area contributed by atoms with Crippen LogP contribution >= 0.6 is 0 Å². The molecule has 0 amide bonds. The Morgan fingerprint density at radius 2 is 1.33 bits per heavy atom. The van der Waals surface area contributed by atoms with Crippen LogP contribution in [-0.2, 0) is 12.4 Å². The summed E-state index contributed by atoms with van der Waals surface area (Å²) in [7, 11) is 0. The molecule has 0 spiro atoms. The van der Waals surface area contributed by atoms with Crippen LogP contribution in [0.25, 0.3) is 0 Å². The molecule has 18 heavy (non-hydrogen) atoms. The van der Waals surface area contributed by atoms with Gasteiger partial charge in [0.2, 0.25) is 0 Å². The lowest BCUT2D eigenvalue weighted by molar-refractivity contribution is -0.143. The first-order valence-electron chi connectivity index (χ1n) is 4.74. The molecule has 1 rings (SSSR count). The van der Waals surface area contributed by atoms with Crippen molar-refractivity contribution in [3.8, 4) is 0 Å². The minimum Gasteiger partial charge on any atom is -0.316 e. The van der Waals surface area contributed by atoms with E-state index >= 15 is 0 Å². The van der Waals surface area contributed by atoms with Crippen LogP contribution in [0.15, 0.2) is 18.2 Å². The second-order valence-corrected chi connectivity index (χ2v) is 3.69. The first-order chi connectivity index (χ1) is 8.05. The zero-order valence-corrected chi connectivity index (χ0v) is 9.02. The van der Waals surface area contributed by atoms with Gasteiger partial charge in [-0.05, 0) is 30.7 Å². The fraction of sp³-hybridized carbons (Fsp3) is 0.400. The average molecular weight is 273 g/mol. The molecule has 1 aromatic rings. The Morgan fingerprint density at radius 3 is 1.61 bits per heavy atom. The molecule has 0 aliphatic rings. The Hall–Kier alpha value is -1.28. The molecule has 0 aliphatic heterocycles. The smallest absolute Gasteiger partial charge is 0.316 e. The van der Waals surface area contributed by atoms with E-state index in [-0.39, 0.29) is 11.6 Å². The maximum absolute atomic E-state index is 12.5. The molecule has 0 saturated carbocycles. The summed E-state index contributed by atoms with van der Waals surface area (Å²) in [6.07, 6.45) is -9.77. The van der Waals surface area contributed by atoms with Gasteiger partial charge in [-0.15, -0.1) is 0 Å². The topological polar surface area (TPSA) is 32.3 Å². The number of hydroxylamine groups is 1. The maximum atomic E-state index is 12.5. The molecule has 102 valence electrons. The van der Waals surface area contributed by atoms with Crippen LogP contribution in [0.4, 0.5) is 26.3 Å². The second-order valence-electron chi connectivity index (χ2n) is 3.69. The van der Waals surface area contributed by atoms with Crippen molar-refractivity contribution in [3.63, 3.8) is 0 Å². The molecular formula is C10H9F6NO. The quantitative estimate of drug-likeness (QED) is 0.635. The van der Waals surface area contributed by atoms with Crippen molar-refractivity contribution in [2.45, 2.75) is 25.3 Å². The van der Waals surface area contributed by atoms with Crippen LogP contribution in [0.2, 0.25) is 0 Å². The molecular weight excluding hydrogens is 264 g/mol. The molecule has 2 N–H and O–H groups in total. The van der Waals surface area contributed by atoms with Gasteiger partial charge in [-0.2, -0.15) is 31.8 Å². The Morgan fingerprint density at radius 1 is 0.944 bits per heavy atom. The first kappa shape index (κ1) is 14.8. The van der Waals surface area contributed by atoms with Crippen molar-refractivity contribution in [3.05, 3.63) is 34.9 Å². The van der Waals surface area contributed by atoms with Gasteiger partial charge in [-0.3, -0.25) is 0 Å². The molecule has 0 heterocycles. The van der Waals surface area contributed by atoms with Gasteiger partial charge in [0.15, 0.2) is 0 Å². The zero-order chi connectivity index (χ0) is 14.1. The fourth-order valence-corrected chi connectivity index (χ4v) is 1.30. The highest BCUT2D eigenvalue weighted by molar-refractivity contribution is 5.34. The van der Waals surface area contributed by atoms with Gasteiger partial charge in [0.1, 0.15) is 0 Å². The van der Waals surface area contributed by atoms with Gasteiger partial charge in [-0.1, -0.05) is 0 Å². The Balaban J connectivity index is 3.39. The van der Waals surface area contributed by atoms with Crippen LogP contribution in [-0.4, -0.2) is 5.21 Å². The van der Waals surface area contributed by atoms with Crippen molar-refractivity contribution in [1.82, 2.24) is 5.48 Å². The van der Waals surface area contributed by atoms with Gasteiger partial charge in [0.05, 0.1) is 17.2 Å². The molecule has 8 heteroatoms. The average Bonchev–Trinajstić information content (AvgIpc) is 2.25. The van der Waals surface area contributed by atoms with Gasteiger partial charge in [0.25, 0.3) is 0 Å². The van der Waals surface area contributed by atoms with Gasteiger partial charge in [-0.25, -0.2) is 0 Å². The molecule has 0 bridgehead atoms. The molecule has 0 fully saturated rings. The van der Waals surface area contributed by atoms with Gasteiger partial charge >= 0.3 is 12.4 Å². The summed E-state index contributed by atoms with van der Waals surface area (Å²) in [5, 5.41) is 8.56. The number of benzene rings is 1. The molecule has 0 aliphatic carbocycles. The van der Waals surface area contributed by atoms with Crippen molar-refractivity contribution in [2.24, 2.45) is 0 Å². The van der Waals surface area contributed by atoms with Gasteiger partial charge < -0.3 is 5.21 Å². The van der Waals surface area contributed by atoms with E-state index in [0.29, 0.717) is 12.1 Å². The summed E-state index contributed by atoms with van der Waals surface area (Å²) in [6, 6.07) is 0.105. The number of alkyl halides is 6. The van der Waals surface area contributed by atoms with E-state index in [4.69, 9.17) is 5.21 Å². The Bertz CT molecular complexity index is 393. The van der Waals surface area contributed by atoms with Crippen molar-refractivity contribution in [2.75, 3.05) is 0 Å². The molecule has 1 unspecified atom stereocenters. The fourth-order valence-electron chi connectivity index (χ4n) is 1.30. The summed E-state index contributed by atoms with van der Waals surface area (Å²) in [6.45, 7) is 1.23. The molecule has 0 aromatic heterocycles. The second kappa shape index (κ2) is 4.77. The summed E-state index contributed by atoms with van der Waals surface area (Å²) in [4.78, 5) is 0. The van der Waals surface area contributed by atoms with Crippen LogP contribution in [0, 0.1) is 0 Å². The van der Waals surface area contributed by atoms with Crippen molar-refractivity contribution in [1.29, 1.82) is 0 Å². The maximum Gasteiger partial charge on any atom is 0.416 e. The third-order valence-corrected chi connectivity index (χ3v) is 2.30. The van der Waals surface area contributed by atoms with Gasteiger partial charge in [0, 0.05) is 0 Å². The van der Waals surface area contributed by atoms with Crippen LogP contribution in [0.3, 0.4) is 0 Å². The third kappa shape index (κ3) is 3.36. The highest BCUT2D eigenvalue weighted by atomic mass is 19.4. The zero-order valence-electron chi connectivity index (χ0n) is 9.02. The van der Waals surface area contributed by atoms with E-state index in [1.807, 2.05) is 0 Å². The number of hydrogen-bond donors (Lipinski definition) is 2. The van der Waals surface area contributed by atoms with E-state index in [1.165, 1.54) is 6.92 Å². The summed E-state index contributed by atoms with van der Waals surface area (Å²) >= 11 is 0. The highest BCUT2D eigenvalue weighted by Gasteiger charge is 2.37. The largest absolute Gasteiger partial charge is 0.416 e. The number of halogens is 6. The number of rotatable bonds is 2. The summed E-state index contributed by atoms with van der Waals surface area (Å²) in [5.41, 5.74) is -1.52. The number of hydrogen-bond acceptors (Lipinski definition) is 2. The van der Waals surface area contributed by atoms with Crippen LogP contribution in [0.1, 0.15) is 29.7 Å². The van der Waals surface area contributed by atoms with Crippen molar-refractivity contribution < 1.29 is 31.5 Å². The lowest BCUT2D eigenvalue weighted by Gasteiger charge is -2.16. The Kier molecular flexibility index (Phi) is 3.92. The standard InChI is InChI=1S/C10H9F6NO/c1-5(17-18)6-2-7(9(11,12)13)4-8(3-6)10(14,15)16/h2-5,17-18H,1H3. The molecule has 2 nitrogen and oxygen atoms in total. The molecule has 1 aromatic carbocycles. The minimum absolute atomic E-state index is 0.0353. The SMILES string of the molecule is CC(NO)c1cc(C(F)(F)F)cc(C(F)(F)F)c1. The molecule has 0 radical (unpaired) electrons. The lowest BCUT2D eigenvalue weighted by Crippen LogP contribution is -2.17. The van der Waals surface area contributed by atoms with E-state index in [9.17, 15) is 26.3 Å². The van der Waals surface area contributed by atoms with E-state index < -0.39 is 29.5 Å². The predicted octanol–water partition coefficient (Wildman–Crippen LogP) is 3.76. The highest BCUT2D eigenvalue weighted by Crippen LogP contribution is 2.37. The lowest BCUT2D eigenvalue weighted by atomic mass is 10.0. The molecule has 0 saturated heterocycles. The normalized spacial score (nSPS) is 14.7. The number of nitrogens with one attached hydrogen (secondary N) is 1. The summed E-state index contributed by atoms with van der Waals surface area (Å²) < 4.78 is 74.7. The monoisotopic (exact) mass is 273 g/mol. The third-order valence-electron chi connectivity index (χ3n) is 2.30. The first-order valence-corrected chi connectivity index (χ1v) is 4.74. The van der Waals surface area contributed by atoms with Crippen molar-refractivity contribution >= 4 is 0 Å². The molecule has 1 atom stereocenters. The Labute approximate surface area is 98.2 Å². The summed E-state index contributed by atoms with van der Waals surface area (Å²) in [5.74, 6) is 0. The predicted molar refractivity (Wildman–Crippen MR) is 49.8 cm³/mol. The van der Waals surface area contributed by atoms with Crippen LogP contribution < -0.4 is 5.48 Å². The minimum atomic E-state index is -4.88.